The average molecular weight is 356 g/mol. The molecule has 0 saturated carbocycles. The summed E-state index contributed by atoms with van der Waals surface area (Å²) in [5, 5.41) is 2.92. The van der Waals surface area contributed by atoms with E-state index in [-0.39, 0.29) is 0 Å². The normalized spacial score (nSPS) is 13.3. The predicted molar refractivity (Wildman–Crippen MR) is 84.9 cm³/mol. The lowest BCUT2D eigenvalue weighted by Gasteiger charge is -2.19. The van der Waals surface area contributed by atoms with Crippen molar-refractivity contribution in [3.8, 4) is 11.5 Å². The van der Waals surface area contributed by atoms with Gasteiger partial charge in [-0.15, -0.1) is 0 Å². The van der Waals surface area contributed by atoms with E-state index in [9.17, 15) is 4.57 Å². The summed E-state index contributed by atoms with van der Waals surface area (Å²) in [5.41, 5.74) is 0.716. The maximum Gasteiger partial charge on any atom is 0.338 e. The van der Waals surface area contributed by atoms with Crippen LogP contribution in [-0.2, 0) is 4.57 Å². The second-order valence-corrected chi connectivity index (χ2v) is 7.13. The number of hydrogen-bond donors (Lipinski definition) is 1. The fraction of sp³-hybridized carbons (Fsp3) is 0.143. The standard InChI is InChI=1S/C14H15BrNO3P/c1-18-13-9-5-6-10-14(13)19-20(2,17)16-12-8-4-3-7-11(12)15/h3-10H,1-2H3,(H,16,17)/t20-/m0/s1. The van der Waals surface area contributed by atoms with Gasteiger partial charge in [0, 0.05) is 11.1 Å². The van der Waals surface area contributed by atoms with Crippen LogP contribution in [0, 0.1) is 0 Å². The van der Waals surface area contributed by atoms with Crippen LogP contribution in [0.2, 0.25) is 0 Å². The van der Waals surface area contributed by atoms with Gasteiger partial charge in [-0.25, -0.2) is 0 Å². The minimum Gasteiger partial charge on any atom is -0.493 e. The first-order valence-electron chi connectivity index (χ1n) is 5.95. The Kier molecular flexibility index (Phi) is 4.73. The van der Waals surface area contributed by atoms with Gasteiger partial charge in [0.25, 0.3) is 0 Å². The molecule has 2 rings (SSSR count). The molecule has 0 saturated heterocycles. The van der Waals surface area contributed by atoms with Gasteiger partial charge >= 0.3 is 7.52 Å². The van der Waals surface area contributed by atoms with Crippen LogP contribution in [0.25, 0.3) is 0 Å². The van der Waals surface area contributed by atoms with E-state index in [0.717, 1.165) is 4.47 Å². The highest BCUT2D eigenvalue weighted by atomic mass is 79.9. The molecule has 0 radical (unpaired) electrons. The molecule has 0 aromatic heterocycles. The number of ether oxygens (including phenoxy) is 1. The molecule has 0 aliphatic heterocycles. The van der Waals surface area contributed by atoms with Crippen LogP contribution in [0.1, 0.15) is 0 Å². The summed E-state index contributed by atoms with van der Waals surface area (Å²) in [5.74, 6) is 0.990. The summed E-state index contributed by atoms with van der Waals surface area (Å²) in [6, 6.07) is 14.5. The first kappa shape index (κ1) is 14.9. The smallest absolute Gasteiger partial charge is 0.338 e. The summed E-state index contributed by atoms with van der Waals surface area (Å²) >= 11 is 3.40. The third-order valence-electron chi connectivity index (χ3n) is 2.54. The van der Waals surface area contributed by atoms with Crippen LogP contribution in [-0.4, -0.2) is 13.8 Å². The van der Waals surface area contributed by atoms with Crippen LogP contribution >= 0.6 is 23.4 Å². The maximum atomic E-state index is 12.6. The van der Waals surface area contributed by atoms with Crippen molar-refractivity contribution in [1.82, 2.24) is 0 Å². The number of halogens is 1. The summed E-state index contributed by atoms with van der Waals surface area (Å²) < 4.78 is 24.2. The molecule has 1 atom stereocenters. The summed E-state index contributed by atoms with van der Waals surface area (Å²) in [4.78, 5) is 0. The van der Waals surface area contributed by atoms with Gasteiger partial charge in [-0.3, -0.25) is 4.57 Å². The first-order chi connectivity index (χ1) is 9.52. The summed E-state index contributed by atoms with van der Waals surface area (Å²) in [6.45, 7) is 1.53. The van der Waals surface area contributed by atoms with Crippen molar-refractivity contribution in [1.29, 1.82) is 0 Å². The Balaban J connectivity index is 2.19. The fourth-order valence-corrected chi connectivity index (χ4v) is 3.42. The molecular weight excluding hydrogens is 341 g/mol. The number of methoxy groups -OCH3 is 1. The van der Waals surface area contributed by atoms with Gasteiger partial charge in [-0.1, -0.05) is 24.3 Å². The number of benzene rings is 2. The monoisotopic (exact) mass is 355 g/mol. The highest BCUT2D eigenvalue weighted by Crippen LogP contribution is 2.46. The molecule has 106 valence electrons. The van der Waals surface area contributed by atoms with Gasteiger partial charge < -0.3 is 14.3 Å². The number of hydrogen-bond acceptors (Lipinski definition) is 3. The van der Waals surface area contributed by atoms with Crippen molar-refractivity contribution >= 4 is 29.1 Å². The Morgan fingerprint density at radius 2 is 1.65 bits per heavy atom. The molecule has 0 spiro atoms. The Bertz CT molecular complexity index is 648. The molecular formula is C14H15BrNO3P. The van der Waals surface area contributed by atoms with Crippen LogP contribution in [0.5, 0.6) is 11.5 Å². The van der Waals surface area contributed by atoms with Crippen molar-refractivity contribution in [2.45, 2.75) is 0 Å². The third-order valence-corrected chi connectivity index (χ3v) is 4.42. The quantitative estimate of drug-likeness (QED) is 0.784. The van der Waals surface area contributed by atoms with E-state index in [1.807, 2.05) is 30.3 Å². The lowest BCUT2D eigenvalue weighted by molar-refractivity contribution is 0.391. The van der Waals surface area contributed by atoms with Crippen LogP contribution in [0.3, 0.4) is 0 Å². The lowest BCUT2D eigenvalue weighted by Crippen LogP contribution is -2.03. The van der Waals surface area contributed by atoms with E-state index in [2.05, 4.69) is 21.0 Å². The molecule has 0 heterocycles. The predicted octanol–water partition coefficient (Wildman–Crippen LogP) is 4.77. The van der Waals surface area contributed by atoms with Crippen molar-refractivity contribution in [2.24, 2.45) is 0 Å². The van der Waals surface area contributed by atoms with Gasteiger partial charge in [-0.05, 0) is 40.2 Å². The zero-order valence-electron chi connectivity index (χ0n) is 11.2. The molecule has 0 fully saturated rings. The molecule has 4 nitrogen and oxygen atoms in total. The maximum absolute atomic E-state index is 12.6. The Morgan fingerprint density at radius 1 is 1.05 bits per heavy atom. The summed E-state index contributed by atoms with van der Waals surface area (Å²) in [7, 11) is -1.52. The minimum absolute atomic E-state index is 0.445. The lowest BCUT2D eigenvalue weighted by atomic mass is 10.3. The van der Waals surface area contributed by atoms with Crippen LogP contribution in [0.4, 0.5) is 5.69 Å². The average Bonchev–Trinajstić information content (AvgIpc) is 2.41. The van der Waals surface area contributed by atoms with E-state index < -0.39 is 7.52 Å². The molecule has 1 N–H and O–H groups in total. The molecule has 0 bridgehead atoms. The fourth-order valence-electron chi connectivity index (χ4n) is 1.68. The van der Waals surface area contributed by atoms with E-state index >= 15 is 0 Å². The highest BCUT2D eigenvalue weighted by molar-refractivity contribution is 9.10. The largest absolute Gasteiger partial charge is 0.493 e. The molecule has 6 heteroatoms. The molecule has 2 aromatic rings. The van der Waals surface area contributed by atoms with Gasteiger partial charge in [-0.2, -0.15) is 0 Å². The zero-order valence-corrected chi connectivity index (χ0v) is 13.6. The molecule has 0 unspecified atom stereocenters. The molecule has 0 amide bonds. The van der Waals surface area contributed by atoms with Gasteiger partial charge in [0.2, 0.25) is 0 Å². The van der Waals surface area contributed by atoms with Crippen molar-refractivity contribution in [2.75, 3.05) is 18.9 Å². The second kappa shape index (κ2) is 6.33. The molecule has 20 heavy (non-hydrogen) atoms. The topological polar surface area (TPSA) is 47.6 Å². The highest BCUT2D eigenvalue weighted by Gasteiger charge is 2.20. The SMILES string of the molecule is COc1ccccc1O[P@](C)(=O)Nc1ccccc1Br. The first-order valence-corrected chi connectivity index (χ1v) is 8.81. The number of para-hydroxylation sites is 3. The third kappa shape index (κ3) is 3.78. The Labute approximate surface area is 126 Å². The van der Waals surface area contributed by atoms with E-state index in [4.69, 9.17) is 9.26 Å². The van der Waals surface area contributed by atoms with Gasteiger partial charge in [0.15, 0.2) is 11.5 Å². The van der Waals surface area contributed by atoms with Crippen molar-refractivity contribution in [3.63, 3.8) is 0 Å². The molecule has 0 aliphatic carbocycles. The molecule has 0 aliphatic rings. The van der Waals surface area contributed by atoms with Crippen LogP contribution in [0.15, 0.2) is 53.0 Å². The van der Waals surface area contributed by atoms with Gasteiger partial charge in [0.1, 0.15) is 0 Å². The number of anilines is 1. The van der Waals surface area contributed by atoms with Gasteiger partial charge in [0.05, 0.1) is 12.8 Å². The molecule has 2 aromatic carbocycles. The summed E-state index contributed by atoms with van der Waals surface area (Å²) in [6.07, 6.45) is 0. The van der Waals surface area contributed by atoms with Crippen molar-refractivity contribution in [3.05, 3.63) is 53.0 Å². The van der Waals surface area contributed by atoms with Crippen molar-refractivity contribution < 1.29 is 13.8 Å². The van der Waals surface area contributed by atoms with E-state index in [1.165, 1.54) is 6.66 Å². The van der Waals surface area contributed by atoms with Crippen LogP contribution < -0.4 is 14.3 Å². The van der Waals surface area contributed by atoms with E-state index in [0.29, 0.717) is 17.2 Å². The number of rotatable bonds is 5. The number of nitrogens with one attached hydrogen (secondary N) is 1. The Hall–Kier alpha value is -1.45. The van der Waals surface area contributed by atoms with E-state index in [1.54, 1.807) is 25.3 Å². The second-order valence-electron chi connectivity index (χ2n) is 4.18. The zero-order chi connectivity index (χ0) is 14.6. The minimum atomic E-state index is -3.06. The Morgan fingerprint density at radius 3 is 2.30 bits per heavy atom.